The van der Waals surface area contributed by atoms with Crippen molar-refractivity contribution in [3.63, 3.8) is 0 Å². The van der Waals surface area contributed by atoms with Crippen molar-refractivity contribution in [1.82, 2.24) is 4.90 Å². The van der Waals surface area contributed by atoms with Crippen LogP contribution < -0.4 is 0 Å². The number of amides is 1. The Kier molecular flexibility index (Phi) is 4.82. The van der Waals surface area contributed by atoms with Gasteiger partial charge in [-0.15, -0.1) is 0 Å². The zero-order valence-electron chi connectivity index (χ0n) is 12.2. The molecule has 21 heavy (non-hydrogen) atoms. The molecule has 2 saturated heterocycles. The van der Waals surface area contributed by atoms with E-state index in [0.29, 0.717) is 12.8 Å². The smallest absolute Gasteiger partial charge is 0.380 e. The second-order valence-electron chi connectivity index (χ2n) is 6.09. The Morgan fingerprint density at radius 2 is 1.95 bits per heavy atom. The number of nitrogens with zero attached hydrogens (tertiary/aromatic N) is 1. The van der Waals surface area contributed by atoms with E-state index in [4.69, 9.17) is 4.74 Å². The van der Waals surface area contributed by atoms with Crippen LogP contribution in [-0.2, 0) is 9.53 Å². The molecule has 0 aromatic heterocycles. The number of alkyl halides is 3. The molecule has 0 aliphatic carbocycles. The zero-order chi connectivity index (χ0) is 15.7. The lowest BCUT2D eigenvalue weighted by Crippen LogP contribution is -2.54. The summed E-state index contributed by atoms with van der Waals surface area (Å²) in [5.74, 6) is -0.151. The van der Waals surface area contributed by atoms with Gasteiger partial charge in [0.25, 0.3) is 0 Å². The second kappa shape index (κ2) is 6.12. The highest BCUT2D eigenvalue weighted by Gasteiger charge is 2.54. The summed E-state index contributed by atoms with van der Waals surface area (Å²) in [4.78, 5) is 13.4. The van der Waals surface area contributed by atoms with E-state index >= 15 is 0 Å². The maximum Gasteiger partial charge on any atom is 0.417 e. The molecule has 2 heterocycles. The zero-order valence-corrected chi connectivity index (χ0v) is 12.2. The minimum Gasteiger partial charge on any atom is -0.380 e. The summed E-state index contributed by atoms with van der Waals surface area (Å²) in [6.45, 7) is 1.90. The number of halogens is 3. The molecule has 7 heteroatoms. The Morgan fingerprint density at radius 1 is 1.33 bits per heavy atom. The van der Waals surface area contributed by atoms with Gasteiger partial charge in [-0.05, 0) is 26.2 Å². The van der Waals surface area contributed by atoms with Crippen LogP contribution in [0.4, 0.5) is 13.2 Å². The minimum absolute atomic E-state index is 0.0449. The number of aliphatic hydroxyl groups is 1. The van der Waals surface area contributed by atoms with Crippen LogP contribution in [0, 0.1) is 0 Å². The Balaban J connectivity index is 1.76. The van der Waals surface area contributed by atoms with Crippen LogP contribution in [0.5, 0.6) is 0 Å². The maximum absolute atomic E-state index is 12.7. The second-order valence-corrected chi connectivity index (χ2v) is 6.09. The molecular formula is C14H22F3NO3. The van der Waals surface area contributed by atoms with E-state index in [0.717, 1.165) is 12.8 Å². The fraction of sp³-hybridized carbons (Fsp3) is 0.929. The van der Waals surface area contributed by atoms with E-state index in [9.17, 15) is 23.1 Å². The van der Waals surface area contributed by atoms with Crippen LogP contribution in [0.25, 0.3) is 0 Å². The van der Waals surface area contributed by atoms with Gasteiger partial charge in [-0.2, -0.15) is 13.2 Å². The molecule has 0 aromatic carbocycles. The molecule has 2 rings (SSSR count). The van der Waals surface area contributed by atoms with Crippen LogP contribution in [0.3, 0.4) is 0 Å². The van der Waals surface area contributed by atoms with Gasteiger partial charge in [-0.3, -0.25) is 4.79 Å². The maximum atomic E-state index is 12.7. The molecule has 0 radical (unpaired) electrons. The van der Waals surface area contributed by atoms with Gasteiger partial charge >= 0.3 is 6.18 Å². The Hall–Kier alpha value is -0.820. The number of carbonyl (C=O) groups is 1. The Morgan fingerprint density at radius 3 is 2.43 bits per heavy atom. The van der Waals surface area contributed by atoms with Gasteiger partial charge in [-0.1, -0.05) is 0 Å². The van der Waals surface area contributed by atoms with Gasteiger partial charge < -0.3 is 14.7 Å². The molecule has 0 saturated carbocycles. The monoisotopic (exact) mass is 309 g/mol. The average Bonchev–Trinajstić information content (AvgIpc) is 2.81. The number of rotatable bonds is 3. The van der Waals surface area contributed by atoms with E-state index in [1.165, 1.54) is 4.90 Å². The molecule has 2 aliphatic rings. The number of likely N-dealkylation sites (tertiary alicyclic amines) is 1. The minimum atomic E-state index is -4.63. The number of carbonyl (C=O) groups excluding carboxylic acids is 1. The number of hydrogen-bond acceptors (Lipinski definition) is 3. The third-order valence-corrected chi connectivity index (χ3v) is 4.47. The van der Waals surface area contributed by atoms with Crippen LogP contribution in [0.2, 0.25) is 0 Å². The summed E-state index contributed by atoms with van der Waals surface area (Å²) in [6, 6.07) is 0. The SMILES string of the molecule is CC1CCC(CCC(=O)N2CCC(O)(C(F)(F)F)CC2)O1. The Labute approximate surface area is 122 Å². The van der Waals surface area contributed by atoms with Gasteiger partial charge in [0.1, 0.15) is 0 Å². The Bertz CT molecular complexity index is 378. The van der Waals surface area contributed by atoms with Gasteiger partial charge in [0.2, 0.25) is 5.91 Å². The molecule has 0 spiro atoms. The van der Waals surface area contributed by atoms with Crippen molar-refractivity contribution in [3.05, 3.63) is 0 Å². The van der Waals surface area contributed by atoms with Gasteiger partial charge in [0, 0.05) is 32.4 Å². The molecule has 0 bridgehead atoms. The van der Waals surface area contributed by atoms with Gasteiger partial charge in [0.05, 0.1) is 12.2 Å². The number of hydrogen-bond donors (Lipinski definition) is 1. The predicted octanol–water partition coefficient (Wildman–Crippen LogP) is 2.25. The van der Waals surface area contributed by atoms with Crippen LogP contribution >= 0.6 is 0 Å². The average molecular weight is 309 g/mol. The summed E-state index contributed by atoms with van der Waals surface area (Å²) in [5.41, 5.74) is -2.65. The van der Waals surface area contributed by atoms with E-state index < -0.39 is 24.6 Å². The molecular weight excluding hydrogens is 287 g/mol. The van der Waals surface area contributed by atoms with Crippen molar-refractivity contribution in [2.24, 2.45) is 0 Å². The van der Waals surface area contributed by atoms with Crippen molar-refractivity contribution in [2.45, 2.75) is 69.4 Å². The van der Waals surface area contributed by atoms with Crippen molar-refractivity contribution in [3.8, 4) is 0 Å². The molecule has 0 aromatic rings. The highest BCUT2D eigenvalue weighted by Crippen LogP contribution is 2.38. The molecule has 2 fully saturated rings. The first kappa shape index (κ1) is 16.5. The molecule has 1 N–H and O–H groups in total. The summed E-state index contributed by atoms with van der Waals surface area (Å²) < 4.78 is 43.6. The largest absolute Gasteiger partial charge is 0.417 e. The molecule has 4 nitrogen and oxygen atoms in total. The highest BCUT2D eigenvalue weighted by atomic mass is 19.4. The molecule has 2 atom stereocenters. The van der Waals surface area contributed by atoms with Crippen LogP contribution in [0.1, 0.15) is 45.4 Å². The molecule has 2 unspecified atom stereocenters. The van der Waals surface area contributed by atoms with Crippen molar-refractivity contribution >= 4 is 5.91 Å². The summed E-state index contributed by atoms with van der Waals surface area (Å²) in [6.07, 6.45) is -2.38. The van der Waals surface area contributed by atoms with Gasteiger partial charge in [-0.25, -0.2) is 0 Å². The quantitative estimate of drug-likeness (QED) is 0.870. The van der Waals surface area contributed by atoms with E-state index in [1.807, 2.05) is 6.92 Å². The summed E-state index contributed by atoms with van der Waals surface area (Å²) in [7, 11) is 0. The van der Waals surface area contributed by atoms with Crippen molar-refractivity contribution in [1.29, 1.82) is 0 Å². The number of piperidine rings is 1. The van der Waals surface area contributed by atoms with E-state index in [1.54, 1.807) is 0 Å². The topological polar surface area (TPSA) is 49.8 Å². The first-order valence-electron chi connectivity index (χ1n) is 7.43. The van der Waals surface area contributed by atoms with Crippen molar-refractivity contribution < 1.29 is 27.8 Å². The normalized spacial score (nSPS) is 29.7. The van der Waals surface area contributed by atoms with E-state index in [2.05, 4.69) is 0 Å². The lowest BCUT2D eigenvalue weighted by molar-refractivity contribution is -0.272. The molecule has 1 amide bonds. The third-order valence-electron chi connectivity index (χ3n) is 4.47. The fourth-order valence-electron chi connectivity index (χ4n) is 2.95. The first-order chi connectivity index (χ1) is 9.71. The summed E-state index contributed by atoms with van der Waals surface area (Å²) >= 11 is 0. The number of ether oxygens (including phenoxy) is 1. The molecule has 2 aliphatic heterocycles. The third kappa shape index (κ3) is 3.88. The lowest BCUT2D eigenvalue weighted by Gasteiger charge is -2.39. The van der Waals surface area contributed by atoms with E-state index in [-0.39, 0.29) is 31.2 Å². The van der Waals surface area contributed by atoms with Gasteiger partial charge in [0.15, 0.2) is 5.60 Å². The van der Waals surface area contributed by atoms with Crippen molar-refractivity contribution in [2.75, 3.05) is 13.1 Å². The highest BCUT2D eigenvalue weighted by molar-refractivity contribution is 5.76. The predicted molar refractivity (Wildman–Crippen MR) is 69.6 cm³/mol. The van der Waals surface area contributed by atoms with Crippen LogP contribution in [-0.4, -0.2) is 53.0 Å². The van der Waals surface area contributed by atoms with Crippen LogP contribution in [0.15, 0.2) is 0 Å². The lowest BCUT2D eigenvalue weighted by atomic mass is 9.90. The summed E-state index contributed by atoms with van der Waals surface area (Å²) in [5, 5.41) is 9.56. The molecule has 122 valence electrons. The first-order valence-corrected chi connectivity index (χ1v) is 7.43. The fourth-order valence-corrected chi connectivity index (χ4v) is 2.95. The standard InChI is InChI=1S/C14H22F3NO3/c1-10-2-3-11(21-10)4-5-12(19)18-8-6-13(20,7-9-18)14(15,16)17/h10-11,20H,2-9H2,1H3.